The van der Waals surface area contributed by atoms with E-state index < -0.39 is 26.6 Å². The van der Waals surface area contributed by atoms with E-state index in [4.69, 9.17) is 0 Å². The topological polar surface area (TPSA) is 59.1 Å². The molecule has 4 nitrogen and oxygen atoms in total. The van der Waals surface area contributed by atoms with Crippen LogP contribution in [0.15, 0.2) is 35.2 Å². The second kappa shape index (κ2) is 5.31. The van der Waals surface area contributed by atoms with Gasteiger partial charge in [0.1, 0.15) is 4.90 Å². The van der Waals surface area contributed by atoms with E-state index in [-0.39, 0.29) is 24.3 Å². The number of hydrogen-bond acceptors (Lipinski definition) is 4. The number of sulfone groups is 1. The molecular formula is C15H13F3N2O2S. The Morgan fingerprint density at radius 3 is 2.26 bits per heavy atom. The van der Waals surface area contributed by atoms with Crippen molar-refractivity contribution < 1.29 is 21.6 Å². The predicted octanol–water partition coefficient (Wildman–Crippen LogP) is 2.77. The van der Waals surface area contributed by atoms with Crippen LogP contribution in [0.3, 0.4) is 0 Å². The minimum Gasteiger partial charge on any atom is -0.308 e. The summed E-state index contributed by atoms with van der Waals surface area (Å²) in [7, 11) is -4.06. The van der Waals surface area contributed by atoms with E-state index in [1.807, 2.05) is 0 Å². The molecule has 0 aliphatic carbocycles. The summed E-state index contributed by atoms with van der Waals surface area (Å²) >= 11 is 0. The van der Waals surface area contributed by atoms with Gasteiger partial charge in [-0.3, -0.25) is 0 Å². The minimum atomic E-state index is -4.85. The van der Waals surface area contributed by atoms with Gasteiger partial charge in [0.25, 0.3) is 0 Å². The first-order valence-corrected chi connectivity index (χ1v) is 8.68. The van der Waals surface area contributed by atoms with Crippen LogP contribution >= 0.6 is 0 Å². The molecular weight excluding hydrogens is 329 g/mol. The number of aromatic nitrogens is 1. The van der Waals surface area contributed by atoms with Gasteiger partial charge in [0.15, 0.2) is 15.5 Å². The van der Waals surface area contributed by atoms with Crippen LogP contribution in [-0.4, -0.2) is 19.7 Å². The van der Waals surface area contributed by atoms with E-state index in [0.717, 1.165) is 6.26 Å². The van der Waals surface area contributed by atoms with E-state index in [1.165, 1.54) is 0 Å². The predicted molar refractivity (Wildman–Crippen MR) is 78.3 cm³/mol. The normalized spacial score (nSPS) is 14.8. The van der Waals surface area contributed by atoms with Crippen molar-refractivity contribution in [2.45, 2.75) is 24.2 Å². The van der Waals surface area contributed by atoms with Gasteiger partial charge in [0, 0.05) is 24.9 Å². The maximum atomic E-state index is 13.4. The molecule has 0 bridgehead atoms. The van der Waals surface area contributed by atoms with E-state index in [9.17, 15) is 21.6 Å². The molecule has 1 aliphatic rings. The van der Waals surface area contributed by atoms with E-state index in [2.05, 4.69) is 10.3 Å². The second-order valence-corrected chi connectivity index (χ2v) is 7.29. The van der Waals surface area contributed by atoms with Crippen molar-refractivity contribution in [2.24, 2.45) is 0 Å². The lowest BCUT2D eigenvalue weighted by molar-refractivity contribution is -0.143. The zero-order valence-electron chi connectivity index (χ0n) is 12.1. The van der Waals surface area contributed by atoms with E-state index in [1.54, 1.807) is 30.3 Å². The van der Waals surface area contributed by atoms with E-state index >= 15 is 0 Å². The maximum Gasteiger partial charge on any atom is 0.434 e. The largest absolute Gasteiger partial charge is 0.434 e. The Balaban J connectivity index is 2.41. The number of alkyl halides is 3. The lowest BCUT2D eigenvalue weighted by Crippen LogP contribution is -2.18. The lowest BCUT2D eigenvalue weighted by atomic mass is 10.0. The number of nitrogens with zero attached hydrogens (tertiary/aromatic N) is 1. The molecule has 1 aromatic heterocycles. The molecule has 0 spiro atoms. The Kier molecular flexibility index (Phi) is 3.68. The zero-order chi connectivity index (χ0) is 16.8. The molecule has 2 aromatic rings. The molecule has 2 heterocycles. The average Bonchev–Trinajstić information content (AvgIpc) is 2.93. The summed E-state index contributed by atoms with van der Waals surface area (Å²) in [5.74, 6) is 0. The highest BCUT2D eigenvalue weighted by Gasteiger charge is 2.42. The Morgan fingerprint density at radius 1 is 1.09 bits per heavy atom. The molecule has 122 valence electrons. The van der Waals surface area contributed by atoms with Crippen LogP contribution in [0.1, 0.15) is 16.8 Å². The molecule has 8 heteroatoms. The molecule has 23 heavy (non-hydrogen) atoms. The van der Waals surface area contributed by atoms with Gasteiger partial charge in [-0.15, -0.1) is 0 Å². The number of fused-ring (bicyclic) bond motifs is 1. The van der Waals surface area contributed by atoms with Crippen molar-refractivity contribution in [2.75, 3.05) is 6.26 Å². The van der Waals surface area contributed by atoms with Crippen molar-refractivity contribution in [1.29, 1.82) is 0 Å². The molecule has 1 N–H and O–H groups in total. The van der Waals surface area contributed by atoms with Crippen LogP contribution in [0.25, 0.3) is 11.3 Å². The number of pyridine rings is 1. The monoisotopic (exact) mass is 342 g/mol. The fourth-order valence-electron chi connectivity index (χ4n) is 2.77. The van der Waals surface area contributed by atoms with Crippen molar-refractivity contribution in [3.05, 3.63) is 47.2 Å². The van der Waals surface area contributed by atoms with E-state index in [0.29, 0.717) is 11.1 Å². The molecule has 0 fully saturated rings. The Bertz CT molecular complexity index is 863. The van der Waals surface area contributed by atoms with Crippen LogP contribution < -0.4 is 5.32 Å². The van der Waals surface area contributed by atoms with Gasteiger partial charge in [0.2, 0.25) is 0 Å². The Hall–Kier alpha value is -1.93. The zero-order valence-corrected chi connectivity index (χ0v) is 12.9. The molecule has 0 atom stereocenters. The molecule has 0 amide bonds. The van der Waals surface area contributed by atoms with Gasteiger partial charge < -0.3 is 5.32 Å². The summed E-state index contributed by atoms with van der Waals surface area (Å²) < 4.78 is 64.1. The number of nitrogens with one attached hydrogen (secondary N) is 1. The van der Waals surface area contributed by atoms with Crippen LogP contribution in [-0.2, 0) is 29.1 Å². The van der Waals surface area contributed by atoms with Gasteiger partial charge in [-0.25, -0.2) is 13.4 Å². The van der Waals surface area contributed by atoms with Gasteiger partial charge >= 0.3 is 6.18 Å². The first kappa shape index (κ1) is 15.9. The average molecular weight is 342 g/mol. The van der Waals surface area contributed by atoms with Crippen LogP contribution in [0.5, 0.6) is 0 Å². The van der Waals surface area contributed by atoms with Crippen molar-refractivity contribution in [3.8, 4) is 11.3 Å². The van der Waals surface area contributed by atoms with Gasteiger partial charge in [-0.2, -0.15) is 13.2 Å². The fraction of sp³-hybridized carbons (Fsp3) is 0.267. The molecule has 0 saturated heterocycles. The quantitative estimate of drug-likeness (QED) is 0.912. The fourth-order valence-corrected chi connectivity index (χ4v) is 3.92. The SMILES string of the molecule is CS(=O)(=O)c1c(C(F)(F)F)nc(-c2ccccc2)c2c1CNC2. The highest BCUT2D eigenvalue weighted by molar-refractivity contribution is 7.90. The van der Waals surface area contributed by atoms with Crippen molar-refractivity contribution in [1.82, 2.24) is 10.3 Å². The number of benzene rings is 1. The summed E-state index contributed by atoms with van der Waals surface area (Å²) in [6, 6.07) is 8.45. The molecule has 0 saturated carbocycles. The molecule has 0 radical (unpaired) electrons. The summed E-state index contributed by atoms with van der Waals surface area (Å²) in [4.78, 5) is 2.99. The molecule has 3 rings (SSSR count). The van der Waals surface area contributed by atoms with Gasteiger partial charge in [0.05, 0.1) is 5.69 Å². The first-order valence-electron chi connectivity index (χ1n) is 6.78. The maximum absolute atomic E-state index is 13.4. The summed E-state index contributed by atoms with van der Waals surface area (Å²) in [6.07, 6.45) is -4.07. The number of hydrogen-bond donors (Lipinski definition) is 1. The summed E-state index contributed by atoms with van der Waals surface area (Å²) in [5.41, 5.74) is 0.0166. The summed E-state index contributed by atoms with van der Waals surface area (Å²) in [5, 5.41) is 2.92. The van der Waals surface area contributed by atoms with Crippen LogP contribution in [0, 0.1) is 0 Å². The lowest BCUT2D eigenvalue weighted by Gasteiger charge is -2.17. The highest BCUT2D eigenvalue weighted by atomic mass is 32.2. The van der Waals surface area contributed by atoms with Crippen molar-refractivity contribution in [3.63, 3.8) is 0 Å². The number of rotatable bonds is 2. The third kappa shape index (κ3) is 2.84. The third-order valence-corrected chi connectivity index (χ3v) is 4.83. The van der Waals surface area contributed by atoms with Gasteiger partial charge in [-0.1, -0.05) is 30.3 Å². The number of halogens is 3. The standard InChI is InChI=1S/C15H13F3N2O2S/c1-23(21,22)13-11-8-19-7-10(11)12(9-5-3-2-4-6-9)20-14(13)15(16,17)18/h2-6,19H,7-8H2,1H3. The van der Waals surface area contributed by atoms with Crippen LogP contribution in [0.4, 0.5) is 13.2 Å². The highest BCUT2D eigenvalue weighted by Crippen LogP contribution is 2.40. The Labute approximate surface area is 131 Å². The molecule has 1 aromatic carbocycles. The first-order chi connectivity index (χ1) is 10.7. The second-order valence-electron chi connectivity index (χ2n) is 5.33. The Morgan fingerprint density at radius 2 is 1.70 bits per heavy atom. The smallest absolute Gasteiger partial charge is 0.308 e. The summed E-state index contributed by atoms with van der Waals surface area (Å²) in [6.45, 7) is 0.358. The van der Waals surface area contributed by atoms with Crippen molar-refractivity contribution >= 4 is 9.84 Å². The molecule has 1 aliphatic heterocycles. The van der Waals surface area contributed by atoms with Gasteiger partial charge in [-0.05, 0) is 11.1 Å². The molecule has 0 unspecified atom stereocenters. The minimum absolute atomic E-state index is 0.0726. The van der Waals surface area contributed by atoms with Crippen LogP contribution in [0.2, 0.25) is 0 Å². The third-order valence-electron chi connectivity index (χ3n) is 3.65.